The molecule has 0 unspecified atom stereocenters. The highest BCUT2D eigenvalue weighted by Crippen LogP contribution is 2.44. The number of hydrogen-bond acceptors (Lipinski definition) is 7. The molecule has 2 saturated carbocycles. The van der Waals surface area contributed by atoms with Gasteiger partial charge < -0.3 is 20.4 Å². The summed E-state index contributed by atoms with van der Waals surface area (Å²) in [5, 5.41) is 4.51. The molecule has 0 radical (unpaired) electrons. The van der Waals surface area contributed by atoms with Gasteiger partial charge in [0.1, 0.15) is 5.75 Å². The van der Waals surface area contributed by atoms with E-state index in [1.165, 1.54) is 38.5 Å². The molecule has 4 aromatic rings. The number of hydrogen-bond donors (Lipinski definition) is 2. The fourth-order valence-electron chi connectivity index (χ4n) is 5.10. The fraction of sp³-hybridized carbons (Fsp3) is 0.385. The van der Waals surface area contributed by atoms with E-state index in [0.29, 0.717) is 29.8 Å². The topological polar surface area (TPSA) is 104 Å². The van der Waals surface area contributed by atoms with E-state index in [1.54, 1.807) is 18.5 Å². The number of nitrogens with two attached hydrogens (primary N) is 1. The van der Waals surface area contributed by atoms with Crippen LogP contribution in [0.4, 0.5) is 11.6 Å². The van der Waals surface area contributed by atoms with Gasteiger partial charge in [0.15, 0.2) is 0 Å². The summed E-state index contributed by atoms with van der Waals surface area (Å²) < 4.78 is 8.25. The van der Waals surface area contributed by atoms with Crippen LogP contribution in [-0.2, 0) is 0 Å². The Labute approximate surface area is 198 Å². The summed E-state index contributed by atoms with van der Waals surface area (Å²) in [6.07, 6.45) is 16.9. The molecule has 0 spiro atoms. The van der Waals surface area contributed by atoms with Crippen LogP contribution in [0.1, 0.15) is 57.4 Å². The maximum Gasteiger partial charge on any atom is 0.321 e. The van der Waals surface area contributed by atoms with Crippen molar-refractivity contribution >= 4 is 22.5 Å². The van der Waals surface area contributed by atoms with Gasteiger partial charge in [-0.3, -0.25) is 0 Å². The van der Waals surface area contributed by atoms with E-state index in [4.69, 9.17) is 10.5 Å². The largest absolute Gasteiger partial charge is 0.424 e. The first-order valence-electron chi connectivity index (χ1n) is 12.2. The molecule has 2 aliphatic carbocycles. The van der Waals surface area contributed by atoms with Crippen LogP contribution >= 0.6 is 0 Å². The Morgan fingerprint density at radius 1 is 0.912 bits per heavy atom. The smallest absolute Gasteiger partial charge is 0.321 e. The predicted octanol–water partition coefficient (Wildman–Crippen LogP) is 5.73. The van der Waals surface area contributed by atoms with Crippen molar-refractivity contribution < 1.29 is 4.74 Å². The molecule has 0 atom stereocenters. The van der Waals surface area contributed by atoms with E-state index in [0.717, 1.165) is 40.7 Å². The van der Waals surface area contributed by atoms with E-state index >= 15 is 0 Å². The first kappa shape index (κ1) is 20.9. The van der Waals surface area contributed by atoms with Gasteiger partial charge >= 0.3 is 6.01 Å². The van der Waals surface area contributed by atoms with Gasteiger partial charge in [0.25, 0.3) is 0 Å². The van der Waals surface area contributed by atoms with Gasteiger partial charge in [-0.2, -0.15) is 0 Å². The van der Waals surface area contributed by atoms with Gasteiger partial charge in [-0.05, 0) is 50.3 Å². The number of nitrogens with one attached hydrogen (secondary N) is 1. The number of nitrogen functional groups attached to an aromatic ring is 1. The quantitative estimate of drug-likeness (QED) is 0.382. The standard InChI is InChI=1S/C26H29N7O/c27-23-21-11-10-20(34-26-28-12-5-13-29-26)14-22(21)33(19-8-4-9-19)24(23)17-15-30-25(31-16-17)32-18-6-2-1-3-7-18/h5,10-16,18-19H,1-4,6-9,27H2,(H,30,31,32). The fourth-order valence-corrected chi connectivity index (χ4v) is 5.10. The zero-order chi connectivity index (χ0) is 22.9. The van der Waals surface area contributed by atoms with Crippen LogP contribution in [0.5, 0.6) is 11.8 Å². The van der Waals surface area contributed by atoms with Crippen molar-refractivity contribution in [2.24, 2.45) is 0 Å². The molecule has 2 aliphatic rings. The van der Waals surface area contributed by atoms with Crippen molar-refractivity contribution in [1.29, 1.82) is 0 Å². The van der Waals surface area contributed by atoms with Gasteiger partial charge in [-0.25, -0.2) is 19.9 Å². The van der Waals surface area contributed by atoms with Crippen molar-refractivity contribution in [1.82, 2.24) is 24.5 Å². The first-order chi connectivity index (χ1) is 16.8. The molecular weight excluding hydrogens is 426 g/mol. The highest BCUT2D eigenvalue weighted by atomic mass is 16.5. The average Bonchev–Trinajstić information content (AvgIpc) is 3.11. The van der Waals surface area contributed by atoms with Crippen molar-refractivity contribution in [3.63, 3.8) is 0 Å². The molecule has 3 heterocycles. The van der Waals surface area contributed by atoms with Crippen molar-refractivity contribution in [3.8, 4) is 23.0 Å². The van der Waals surface area contributed by atoms with Crippen molar-refractivity contribution in [2.45, 2.75) is 63.5 Å². The minimum absolute atomic E-state index is 0.325. The lowest BCUT2D eigenvalue weighted by Gasteiger charge is -2.30. The van der Waals surface area contributed by atoms with E-state index in [-0.39, 0.29) is 0 Å². The zero-order valence-corrected chi connectivity index (χ0v) is 19.2. The molecule has 0 saturated heterocycles. The molecule has 3 aromatic heterocycles. The van der Waals surface area contributed by atoms with Crippen molar-refractivity contribution in [2.75, 3.05) is 11.1 Å². The zero-order valence-electron chi connectivity index (χ0n) is 19.2. The molecule has 174 valence electrons. The Morgan fingerprint density at radius 3 is 2.38 bits per heavy atom. The van der Waals surface area contributed by atoms with Crippen LogP contribution in [0, 0.1) is 0 Å². The SMILES string of the molecule is Nc1c(-c2cnc(NC3CCCCC3)nc2)n(C2CCC2)c2cc(Oc3ncccn3)ccc12. The summed E-state index contributed by atoms with van der Waals surface area (Å²) in [7, 11) is 0. The lowest BCUT2D eigenvalue weighted by atomic mass is 9.92. The molecule has 2 fully saturated rings. The number of ether oxygens (including phenoxy) is 1. The molecule has 8 heteroatoms. The van der Waals surface area contributed by atoms with E-state index < -0.39 is 0 Å². The van der Waals surface area contributed by atoms with Crippen LogP contribution < -0.4 is 15.8 Å². The van der Waals surface area contributed by atoms with Gasteiger partial charge in [-0.1, -0.05) is 19.3 Å². The normalized spacial score (nSPS) is 16.9. The number of benzene rings is 1. The summed E-state index contributed by atoms with van der Waals surface area (Å²) in [6.45, 7) is 0. The Morgan fingerprint density at radius 2 is 1.68 bits per heavy atom. The Kier molecular flexibility index (Phi) is 5.49. The highest BCUT2D eigenvalue weighted by Gasteiger charge is 2.27. The van der Waals surface area contributed by atoms with Crippen LogP contribution in [0.3, 0.4) is 0 Å². The Bertz CT molecular complexity index is 1280. The Hall–Kier alpha value is -3.68. The molecule has 1 aromatic carbocycles. The highest BCUT2D eigenvalue weighted by molar-refractivity contribution is 6.01. The minimum Gasteiger partial charge on any atom is -0.424 e. The van der Waals surface area contributed by atoms with E-state index in [1.807, 2.05) is 30.6 Å². The van der Waals surface area contributed by atoms with Gasteiger partial charge in [-0.15, -0.1) is 0 Å². The molecule has 6 rings (SSSR count). The minimum atomic E-state index is 0.325. The molecule has 3 N–H and O–H groups in total. The molecule has 8 nitrogen and oxygen atoms in total. The second kappa shape index (κ2) is 8.93. The summed E-state index contributed by atoms with van der Waals surface area (Å²) in [5.74, 6) is 1.38. The summed E-state index contributed by atoms with van der Waals surface area (Å²) in [4.78, 5) is 17.6. The summed E-state index contributed by atoms with van der Waals surface area (Å²) in [6, 6.07) is 8.92. The molecular formula is C26H29N7O. The van der Waals surface area contributed by atoms with Crippen molar-refractivity contribution in [3.05, 3.63) is 49.1 Å². The van der Waals surface area contributed by atoms with Crippen LogP contribution in [0.15, 0.2) is 49.1 Å². The summed E-state index contributed by atoms with van der Waals surface area (Å²) in [5.41, 5.74) is 10.4. The maximum atomic E-state index is 6.72. The molecule has 0 amide bonds. The maximum absolute atomic E-state index is 6.72. The van der Waals surface area contributed by atoms with Gasteiger partial charge in [0.05, 0.1) is 16.9 Å². The van der Waals surface area contributed by atoms with Crippen LogP contribution in [0.25, 0.3) is 22.2 Å². The number of nitrogens with zero attached hydrogens (tertiary/aromatic N) is 5. The monoisotopic (exact) mass is 455 g/mol. The lowest BCUT2D eigenvalue weighted by molar-refractivity contribution is 0.324. The third-order valence-electron chi connectivity index (χ3n) is 7.07. The van der Waals surface area contributed by atoms with Gasteiger partial charge in [0.2, 0.25) is 5.95 Å². The van der Waals surface area contributed by atoms with Crippen LogP contribution in [-0.4, -0.2) is 30.5 Å². The van der Waals surface area contributed by atoms with E-state index in [9.17, 15) is 0 Å². The number of aromatic nitrogens is 5. The number of fused-ring (bicyclic) bond motifs is 1. The van der Waals surface area contributed by atoms with Gasteiger partial charge in [0, 0.05) is 53.9 Å². The molecule has 34 heavy (non-hydrogen) atoms. The second-order valence-electron chi connectivity index (χ2n) is 9.30. The number of anilines is 2. The second-order valence-corrected chi connectivity index (χ2v) is 9.30. The Balaban J connectivity index is 1.36. The third kappa shape index (κ3) is 3.93. The average molecular weight is 456 g/mol. The summed E-state index contributed by atoms with van der Waals surface area (Å²) >= 11 is 0. The third-order valence-corrected chi connectivity index (χ3v) is 7.07. The van der Waals surface area contributed by atoms with E-state index in [2.05, 4.69) is 29.8 Å². The molecule has 0 aliphatic heterocycles. The number of rotatable bonds is 6. The predicted molar refractivity (Wildman–Crippen MR) is 133 cm³/mol. The lowest BCUT2D eigenvalue weighted by Crippen LogP contribution is -2.23. The first-order valence-corrected chi connectivity index (χ1v) is 12.2. The van der Waals surface area contributed by atoms with Crippen LogP contribution in [0.2, 0.25) is 0 Å². The molecule has 0 bridgehead atoms.